The van der Waals surface area contributed by atoms with Crippen LogP contribution >= 0.6 is 11.3 Å². The quantitative estimate of drug-likeness (QED) is 0.679. The number of nitrogens with zero attached hydrogens (tertiary/aromatic N) is 3. The largest absolute Gasteiger partial charge is 0.388 e. The molecule has 0 unspecified atom stereocenters. The number of amides is 1. The average Bonchev–Trinajstić information content (AvgIpc) is 2.71. The minimum absolute atomic E-state index is 0.0298. The van der Waals surface area contributed by atoms with E-state index in [0.29, 0.717) is 36.1 Å². The van der Waals surface area contributed by atoms with Crippen LogP contribution in [0, 0.1) is 10.1 Å². The summed E-state index contributed by atoms with van der Waals surface area (Å²) in [5.41, 5.74) is 0.0344. The van der Waals surface area contributed by atoms with Crippen LogP contribution in [-0.4, -0.2) is 47.0 Å². The Labute approximate surface area is 126 Å². The molecule has 1 atom stereocenters. The number of nitro groups is 1. The molecule has 0 bridgehead atoms. The molecular weight excluding hydrogens is 294 g/mol. The number of anilines is 1. The number of thiophene rings is 1. The molecule has 1 aromatic rings. The van der Waals surface area contributed by atoms with Gasteiger partial charge in [-0.05, 0) is 13.3 Å². The molecule has 0 radical (unpaired) electrons. The lowest BCUT2D eigenvalue weighted by molar-refractivity contribution is -0.383. The molecule has 0 aliphatic carbocycles. The summed E-state index contributed by atoms with van der Waals surface area (Å²) in [5, 5.41) is 21.4. The van der Waals surface area contributed by atoms with Crippen molar-refractivity contribution in [3.05, 3.63) is 21.1 Å². The average molecular weight is 313 g/mol. The van der Waals surface area contributed by atoms with Crippen molar-refractivity contribution in [2.75, 3.05) is 31.1 Å². The second-order valence-corrected chi connectivity index (χ2v) is 6.18. The highest BCUT2D eigenvalue weighted by Gasteiger charge is 2.27. The first-order chi connectivity index (χ1) is 9.90. The van der Waals surface area contributed by atoms with E-state index in [-0.39, 0.29) is 11.6 Å². The maximum absolute atomic E-state index is 11.4. The second kappa shape index (κ2) is 6.40. The molecule has 0 aromatic carbocycles. The van der Waals surface area contributed by atoms with E-state index in [4.69, 9.17) is 0 Å². The summed E-state index contributed by atoms with van der Waals surface area (Å²) in [6.45, 7) is 5.61. The molecule has 1 aliphatic rings. The van der Waals surface area contributed by atoms with Crippen molar-refractivity contribution in [1.82, 2.24) is 4.90 Å². The monoisotopic (exact) mass is 313 g/mol. The topological polar surface area (TPSA) is 86.9 Å². The predicted octanol–water partition coefficient (Wildman–Crippen LogP) is 1.77. The minimum atomic E-state index is -0.719. The molecule has 1 amide bonds. The number of hydrogen-bond donors (Lipinski definition) is 1. The zero-order chi connectivity index (χ0) is 15.6. The van der Waals surface area contributed by atoms with Gasteiger partial charge < -0.3 is 14.9 Å². The molecule has 7 nitrogen and oxygen atoms in total. The van der Waals surface area contributed by atoms with E-state index in [1.807, 2.05) is 4.90 Å². The Hall–Kier alpha value is -1.67. The molecule has 1 N–H and O–H groups in total. The summed E-state index contributed by atoms with van der Waals surface area (Å²) in [5.74, 6) is 0.0298. The number of carbonyl (C=O) groups excluding carboxylic acids is 1. The molecule has 21 heavy (non-hydrogen) atoms. The fourth-order valence-electron chi connectivity index (χ4n) is 2.39. The van der Waals surface area contributed by atoms with Gasteiger partial charge >= 0.3 is 5.69 Å². The molecule has 116 valence electrons. The summed E-state index contributed by atoms with van der Waals surface area (Å²) < 4.78 is 0. The van der Waals surface area contributed by atoms with Crippen molar-refractivity contribution >= 4 is 27.9 Å². The fourth-order valence-corrected chi connectivity index (χ4v) is 3.50. The molecule has 2 rings (SSSR count). The maximum atomic E-state index is 11.4. The highest BCUT2D eigenvalue weighted by molar-refractivity contribution is 7.16. The Morgan fingerprint density at radius 3 is 2.71 bits per heavy atom. The highest BCUT2D eigenvalue weighted by atomic mass is 32.1. The van der Waals surface area contributed by atoms with Crippen LogP contribution in [0.15, 0.2) is 6.07 Å². The van der Waals surface area contributed by atoms with Gasteiger partial charge in [-0.15, -0.1) is 11.3 Å². The van der Waals surface area contributed by atoms with Gasteiger partial charge in [0.1, 0.15) is 0 Å². The lowest BCUT2D eigenvalue weighted by Crippen LogP contribution is -2.33. The molecule has 2 heterocycles. The zero-order valence-electron chi connectivity index (χ0n) is 12.1. The lowest BCUT2D eigenvalue weighted by atomic mass is 10.3. The van der Waals surface area contributed by atoms with Gasteiger partial charge in [-0.3, -0.25) is 14.9 Å². The van der Waals surface area contributed by atoms with E-state index in [9.17, 15) is 20.0 Å². The summed E-state index contributed by atoms with van der Waals surface area (Å²) in [6.07, 6.45) is 0.0571. The van der Waals surface area contributed by atoms with Crippen LogP contribution in [0.2, 0.25) is 0 Å². The molecule has 1 aromatic heterocycles. The molecule has 0 saturated carbocycles. The third kappa shape index (κ3) is 3.51. The molecular formula is C13H19N3O4S. The van der Waals surface area contributed by atoms with Crippen LogP contribution in [0.3, 0.4) is 0 Å². The van der Waals surface area contributed by atoms with Crippen molar-refractivity contribution in [3.8, 4) is 0 Å². The Kier molecular flexibility index (Phi) is 4.79. The van der Waals surface area contributed by atoms with Crippen molar-refractivity contribution in [1.29, 1.82) is 0 Å². The number of aliphatic hydroxyl groups excluding tert-OH is 1. The van der Waals surface area contributed by atoms with Crippen LogP contribution in [0.4, 0.5) is 10.7 Å². The summed E-state index contributed by atoms with van der Waals surface area (Å²) in [6, 6.07) is 1.44. The van der Waals surface area contributed by atoms with E-state index >= 15 is 0 Å². The second-order valence-electron chi connectivity index (χ2n) is 5.12. The van der Waals surface area contributed by atoms with E-state index in [1.54, 1.807) is 11.8 Å². The lowest BCUT2D eigenvalue weighted by Gasteiger charge is -2.21. The third-order valence-electron chi connectivity index (χ3n) is 3.55. The predicted molar refractivity (Wildman–Crippen MR) is 80.7 cm³/mol. The van der Waals surface area contributed by atoms with Crippen LogP contribution in [-0.2, 0) is 4.79 Å². The van der Waals surface area contributed by atoms with Crippen molar-refractivity contribution in [3.63, 3.8) is 0 Å². The Bertz CT molecular complexity index is 544. The summed E-state index contributed by atoms with van der Waals surface area (Å²) >= 11 is 1.25. The summed E-state index contributed by atoms with van der Waals surface area (Å²) in [7, 11) is 0. The van der Waals surface area contributed by atoms with Gasteiger partial charge in [-0.25, -0.2) is 0 Å². The number of hydrogen-bond acceptors (Lipinski definition) is 6. The van der Waals surface area contributed by atoms with Crippen molar-refractivity contribution in [2.45, 2.75) is 26.4 Å². The maximum Gasteiger partial charge on any atom is 0.304 e. The van der Waals surface area contributed by atoms with Gasteiger partial charge in [0.25, 0.3) is 0 Å². The van der Waals surface area contributed by atoms with Gasteiger partial charge in [0, 0.05) is 44.0 Å². The van der Waals surface area contributed by atoms with Crippen molar-refractivity contribution in [2.24, 2.45) is 0 Å². The molecule has 1 saturated heterocycles. The Morgan fingerprint density at radius 1 is 1.43 bits per heavy atom. The normalized spacial score (nSPS) is 17.5. The first-order valence-corrected chi connectivity index (χ1v) is 7.68. The molecule has 1 fully saturated rings. The van der Waals surface area contributed by atoms with Gasteiger partial charge in [0.05, 0.1) is 11.0 Å². The smallest absolute Gasteiger partial charge is 0.304 e. The number of rotatable bonds is 3. The van der Waals surface area contributed by atoms with Crippen LogP contribution in [0.25, 0.3) is 0 Å². The van der Waals surface area contributed by atoms with Crippen LogP contribution < -0.4 is 4.90 Å². The van der Waals surface area contributed by atoms with E-state index in [2.05, 4.69) is 0 Å². The minimum Gasteiger partial charge on any atom is -0.388 e. The third-order valence-corrected chi connectivity index (χ3v) is 4.90. The zero-order valence-corrected chi connectivity index (χ0v) is 12.9. The summed E-state index contributed by atoms with van der Waals surface area (Å²) in [4.78, 5) is 26.5. The van der Waals surface area contributed by atoms with E-state index in [0.717, 1.165) is 6.42 Å². The first kappa shape index (κ1) is 15.7. The number of aliphatic hydroxyl groups is 1. The first-order valence-electron chi connectivity index (χ1n) is 6.86. The van der Waals surface area contributed by atoms with E-state index < -0.39 is 11.0 Å². The van der Waals surface area contributed by atoms with Gasteiger partial charge in [0.15, 0.2) is 5.00 Å². The Morgan fingerprint density at radius 2 is 2.14 bits per heavy atom. The van der Waals surface area contributed by atoms with Crippen molar-refractivity contribution < 1.29 is 14.8 Å². The SMILES string of the molecule is CC(=O)N1CCCN(c2sc([C@@H](C)O)cc2[N+](=O)[O-])CC1. The van der Waals surface area contributed by atoms with Gasteiger partial charge in [-0.1, -0.05) is 0 Å². The molecule has 0 spiro atoms. The number of carbonyl (C=O) groups is 1. The highest BCUT2D eigenvalue weighted by Crippen LogP contribution is 2.40. The Balaban J connectivity index is 2.24. The fraction of sp³-hybridized carbons (Fsp3) is 0.615. The molecule has 8 heteroatoms. The van der Waals surface area contributed by atoms with E-state index in [1.165, 1.54) is 24.3 Å². The van der Waals surface area contributed by atoms with Crippen LogP contribution in [0.5, 0.6) is 0 Å². The van der Waals surface area contributed by atoms with Gasteiger partial charge in [-0.2, -0.15) is 0 Å². The van der Waals surface area contributed by atoms with Gasteiger partial charge in [0.2, 0.25) is 5.91 Å². The standard InChI is InChI=1S/C13H19N3O4S/c1-9(17)12-8-11(16(19)20)13(21-12)15-5-3-4-14(6-7-15)10(2)18/h8-9,17H,3-7H2,1-2H3/t9-/m1/s1. The molecule has 1 aliphatic heterocycles. The van der Waals surface area contributed by atoms with Crippen LogP contribution in [0.1, 0.15) is 31.2 Å².